The molecule has 0 aliphatic rings. The molecule has 0 atom stereocenters. The van der Waals surface area contributed by atoms with Crippen LogP contribution in [0.2, 0.25) is 0 Å². The fourth-order valence-electron chi connectivity index (χ4n) is 2.36. The van der Waals surface area contributed by atoms with Gasteiger partial charge in [0.05, 0.1) is 6.61 Å². The van der Waals surface area contributed by atoms with Crippen LogP contribution >= 0.6 is 0 Å². The van der Waals surface area contributed by atoms with Crippen LogP contribution in [0.5, 0.6) is 5.75 Å². The number of unbranched alkanes of at least 4 members (excludes halogenated alkanes) is 9. The molecule has 0 saturated heterocycles. The summed E-state index contributed by atoms with van der Waals surface area (Å²) in [6.07, 6.45) is 12.1. The molecular formula is C19H30O3. The Morgan fingerprint density at radius 1 is 0.818 bits per heavy atom. The second kappa shape index (κ2) is 13.2. The average molecular weight is 306 g/mol. The summed E-state index contributed by atoms with van der Waals surface area (Å²) in [5.41, 5.74) is 0. The molecule has 0 heterocycles. The number of rotatable bonds is 12. The van der Waals surface area contributed by atoms with Gasteiger partial charge in [-0.25, -0.2) is 4.79 Å². The van der Waals surface area contributed by atoms with Gasteiger partial charge in [-0.2, -0.15) is 0 Å². The van der Waals surface area contributed by atoms with E-state index in [0.29, 0.717) is 12.4 Å². The van der Waals surface area contributed by atoms with Gasteiger partial charge in [0.2, 0.25) is 0 Å². The van der Waals surface area contributed by atoms with Gasteiger partial charge in [0.25, 0.3) is 0 Å². The van der Waals surface area contributed by atoms with Crippen LogP contribution in [0.3, 0.4) is 0 Å². The Kier molecular flexibility index (Phi) is 11.1. The average Bonchev–Trinajstić information content (AvgIpc) is 2.53. The topological polar surface area (TPSA) is 35.5 Å². The molecule has 22 heavy (non-hydrogen) atoms. The SMILES string of the molecule is CCCCCCCCCCCCOC(=O)Oc1ccccc1. The zero-order valence-electron chi connectivity index (χ0n) is 13.9. The maximum atomic E-state index is 11.4. The van der Waals surface area contributed by atoms with Crippen molar-refractivity contribution in [3.8, 4) is 5.75 Å². The van der Waals surface area contributed by atoms with Gasteiger partial charge in [-0.1, -0.05) is 82.9 Å². The minimum atomic E-state index is -0.609. The first-order valence-electron chi connectivity index (χ1n) is 8.72. The summed E-state index contributed by atoms with van der Waals surface area (Å²) in [6, 6.07) is 9.00. The van der Waals surface area contributed by atoms with Crippen molar-refractivity contribution in [2.75, 3.05) is 6.61 Å². The lowest BCUT2D eigenvalue weighted by molar-refractivity contribution is 0.0973. The zero-order valence-corrected chi connectivity index (χ0v) is 13.9. The molecule has 0 N–H and O–H groups in total. The van der Waals surface area contributed by atoms with E-state index in [2.05, 4.69) is 6.92 Å². The number of hydrogen-bond acceptors (Lipinski definition) is 3. The van der Waals surface area contributed by atoms with Crippen LogP contribution in [0.4, 0.5) is 4.79 Å². The lowest BCUT2D eigenvalue weighted by atomic mass is 10.1. The predicted molar refractivity (Wildman–Crippen MR) is 90.3 cm³/mol. The van der Waals surface area contributed by atoms with E-state index in [4.69, 9.17) is 9.47 Å². The number of para-hydroxylation sites is 1. The number of carbonyl (C=O) groups excluding carboxylic acids is 1. The largest absolute Gasteiger partial charge is 0.513 e. The van der Waals surface area contributed by atoms with Gasteiger partial charge >= 0.3 is 6.16 Å². The summed E-state index contributed by atoms with van der Waals surface area (Å²) in [5.74, 6) is 0.524. The third-order valence-electron chi connectivity index (χ3n) is 3.66. The molecule has 1 rings (SSSR count). The maximum absolute atomic E-state index is 11.4. The molecule has 124 valence electrons. The third-order valence-corrected chi connectivity index (χ3v) is 3.66. The van der Waals surface area contributed by atoms with Crippen LogP contribution in [-0.4, -0.2) is 12.8 Å². The van der Waals surface area contributed by atoms with Gasteiger partial charge in [0.15, 0.2) is 0 Å². The van der Waals surface area contributed by atoms with E-state index >= 15 is 0 Å². The Hall–Kier alpha value is -1.51. The van der Waals surface area contributed by atoms with E-state index in [-0.39, 0.29) is 0 Å². The molecule has 0 saturated carbocycles. The number of benzene rings is 1. The molecule has 0 aliphatic carbocycles. The van der Waals surface area contributed by atoms with Gasteiger partial charge in [0.1, 0.15) is 5.75 Å². The van der Waals surface area contributed by atoms with Crippen LogP contribution in [0, 0.1) is 0 Å². The highest BCUT2D eigenvalue weighted by Crippen LogP contribution is 2.11. The highest BCUT2D eigenvalue weighted by molar-refractivity contribution is 5.63. The minimum Gasteiger partial charge on any atom is -0.434 e. The van der Waals surface area contributed by atoms with E-state index in [1.54, 1.807) is 12.1 Å². The van der Waals surface area contributed by atoms with Crippen LogP contribution < -0.4 is 4.74 Å². The highest BCUT2D eigenvalue weighted by Gasteiger charge is 2.04. The lowest BCUT2D eigenvalue weighted by Gasteiger charge is -2.06. The van der Waals surface area contributed by atoms with Crippen molar-refractivity contribution in [3.05, 3.63) is 30.3 Å². The van der Waals surface area contributed by atoms with E-state index in [1.165, 1.54) is 51.4 Å². The smallest absolute Gasteiger partial charge is 0.434 e. The van der Waals surface area contributed by atoms with Crippen molar-refractivity contribution in [3.63, 3.8) is 0 Å². The normalized spacial score (nSPS) is 10.4. The molecule has 3 nitrogen and oxygen atoms in total. The number of hydrogen-bond donors (Lipinski definition) is 0. The summed E-state index contributed by atoms with van der Waals surface area (Å²) >= 11 is 0. The Morgan fingerprint density at radius 2 is 1.36 bits per heavy atom. The van der Waals surface area contributed by atoms with Gasteiger partial charge in [-0.15, -0.1) is 0 Å². The quantitative estimate of drug-likeness (QED) is 0.265. The molecule has 0 aromatic heterocycles. The fourth-order valence-corrected chi connectivity index (χ4v) is 2.36. The summed E-state index contributed by atoms with van der Waals surface area (Å²) in [7, 11) is 0. The van der Waals surface area contributed by atoms with Gasteiger partial charge in [0, 0.05) is 0 Å². The van der Waals surface area contributed by atoms with E-state index in [0.717, 1.165) is 12.8 Å². The molecule has 3 heteroatoms. The molecular weight excluding hydrogens is 276 g/mol. The van der Waals surface area contributed by atoms with Gasteiger partial charge in [-0.05, 0) is 18.6 Å². The molecule has 1 aromatic carbocycles. The Morgan fingerprint density at radius 3 is 1.95 bits per heavy atom. The molecule has 0 radical (unpaired) electrons. The van der Waals surface area contributed by atoms with Crippen molar-refractivity contribution in [1.29, 1.82) is 0 Å². The Balaban J connectivity index is 1.86. The second-order valence-electron chi connectivity index (χ2n) is 5.70. The second-order valence-corrected chi connectivity index (χ2v) is 5.70. The first-order valence-corrected chi connectivity index (χ1v) is 8.72. The van der Waals surface area contributed by atoms with Crippen molar-refractivity contribution >= 4 is 6.16 Å². The molecule has 0 bridgehead atoms. The van der Waals surface area contributed by atoms with Crippen molar-refractivity contribution < 1.29 is 14.3 Å². The van der Waals surface area contributed by atoms with Crippen molar-refractivity contribution in [2.45, 2.75) is 71.1 Å². The minimum absolute atomic E-state index is 0.447. The monoisotopic (exact) mass is 306 g/mol. The van der Waals surface area contributed by atoms with E-state index in [1.807, 2.05) is 18.2 Å². The fraction of sp³-hybridized carbons (Fsp3) is 0.632. The van der Waals surface area contributed by atoms with Crippen molar-refractivity contribution in [2.24, 2.45) is 0 Å². The summed E-state index contributed by atoms with van der Waals surface area (Å²) < 4.78 is 10.1. The summed E-state index contributed by atoms with van der Waals surface area (Å²) in [4.78, 5) is 11.4. The predicted octanol–water partition coefficient (Wildman–Crippen LogP) is 6.12. The highest BCUT2D eigenvalue weighted by atomic mass is 16.7. The Bertz CT molecular complexity index is 376. The van der Waals surface area contributed by atoms with E-state index in [9.17, 15) is 4.79 Å². The van der Waals surface area contributed by atoms with Crippen molar-refractivity contribution in [1.82, 2.24) is 0 Å². The molecule has 0 aliphatic heterocycles. The summed E-state index contributed by atoms with van der Waals surface area (Å²) in [5, 5.41) is 0. The standard InChI is InChI=1S/C19H30O3/c1-2-3-4-5-6-7-8-9-10-14-17-21-19(20)22-18-15-12-11-13-16-18/h11-13,15-16H,2-10,14,17H2,1H3. The van der Waals surface area contributed by atoms with Crippen LogP contribution in [0.15, 0.2) is 30.3 Å². The van der Waals surface area contributed by atoms with Gasteiger partial charge < -0.3 is 9.47 Å². The van der Waals surface area contributed by atoms with E-state index < -0.39 is 6.16 Å². The lowest BCUT2D eigenvalue weighted by Crippen LogP contribution is -2.11. The molecule has 0 fully saturated rings. The number of carbonyl (C=O) groups is 1. The molecule has 0 unspecified atom stereocenters. The van der Waals surface area contributed by atoms with Crippen LogP contribution in [-0.2, 0) is 4.74 Å². The maximum Gasteiger partial charge on any atom is 0.513 e. The Labute approximate surface area is 135 Å². The molecule has 0 spiro atoms. The first kappa shape index (κ1) is 18.5. The van der Waals surface area contributed by atoms with Crippen LogP contribution in [0.25, 0.3) is 0 Å². The first-order chi connectivity index (χ1) is 10.8. The third kappa shape index (κ3) is 10.3. The van der Waals surface area contributed by atoms with Crippen LogP contribution in [0.1, 0.15) is 71.1 Å². The molecule has 1 aromatic rings. The molecule has 0 amide bonds. The summed E-state index contributed by atoms with van der Waals surface area (Å²) in [6.45, 7) is 2.69. The number of ether oxygens (including phenoxy) is 2. The van der Waals surface area contributed by atoms with Gasteiger partial charge in [-0.3, -0.25) is 0 Å². The zero-order chi connectivity index (χ0) is 15.9.